The average molecular weight is 424 g/mol. The third-order valence-electron chi connectivity index (χ3n) is 4.12. The van der Waals surface area contributed by atoms with Gasteiger partial charge in [-0.25, -0.2) is 0 Å². The topological polar surface area (TPSA) is 83.1 Å². The van der Waals surface area contributed by atoms with E-state index in [9.17, 15) is 9.59 Å². The molecule has 0 amide bonds. The second kappa shape index (κ2) is 11.2. The number of thioether (sulfide) groups is 1. The summed E-state index contributed by atoms with van der Waals surface area (Å²) in [6.45, 7) is 7.08. The van der Waals surface area contributed by atoms with Gasteiger partial charge < -0.3 is 24.3 Å². The highest BCUT2D eigenvalue weighted by molar-refractivity contribution is 8.00. The van der Waals surface area contributed by atoms with Gasteiger partial charge in [0.05, 0.1) is 18.5 Å². The van der Waals surface area contributed by atoms with Crippen molar-refractivity contribution in [3.63, 3.8) is 0 Å². The molecule has 29 heavy (non-hydrogen) atoms. The van der Waals surface area contributed by atoms with Crippen LogP contribution in [0.15, 0.2) is 36.0 Å². The minimum absolute atomic E-state index is 0.0537. The number of nitrogens with one attached hydrogen (secondary N) is 1. The number of ketones is 1. The third-order valence-corrected chi connectivity index (χ3v) is 5.37. The lowest BCUT2D eigenvalue weighted by Crippen LogP contribution is -2.49. The SMILES string of the molecule is CCS[C@@H]1/C(=C/Nc2ccc(OC)cc2)C(=O)[C@@H](OC(C)C)O[C@@H]1COC(C)=O. The molecular weight excluding hydrogens is 394 g/mol. The molecule has 0 aromatic heterocycles. The van der Waals surface area contributed by atoms with Crippen molar-refractivity contribution < 1.29 is 28.5 Å². The monoisotopic (exact) mass is 423 g/mol. The summed E-state index contributed by atoms with van der Waals surface area (Å²) in [5, 5.41) is 2.89. The second-order valence-corrected chi connectivity index (χ2v) is 8.13. The van der Waals surface area contributed by atoms with Gasteiger partial charge in [0.2, 0.25) is 12.1 Å². The Hall–Kier alpha value is -2.03. The van der Waals surface area contributed by atoms with Crippen LogP contribution in [-0.4, -0.2) is 55.0 Å². The van der Waals surface area contributed by atoms with Crippen molar-refractivity contribution in [3.8, 4) is 5.75 Å². The number of anilines is 1. The summed E-state index contributed by atoms with van der Waals surface area (Å²) in [5.74, 6) is 0.892. The summed E-state index contributed by atoms with van der Waals surface area (Å²) < 4.78 is 21.9. The molecule has 0 aliphatic carbocycles. The van der Waals surface area contributed by atoms with Crippen molar-refractivity contribution in [1.29, 1.82) is 0 Å². The second-order valence-electron chi connectivity index (χ2n) is 6.71. The number of esters is 1. The molecule has 1 heterocycles. The van der Waals surface area contributed by atoms with Gasteiger partial charge in [-0.3, -0.25) is 9.59 Å². The molecule has 0 saturated carbocycles. The van der Waals surface area contributed by atoms with E-state index in [-0.39, 0.29) is 23.7 Å². The van der Waals surface area contributed by atoms with Crippen molar-refractivity contribution in [3.05, 3.63) is 36.0 Å². The van der Waals surface area contributed by atoms with Gasteiger partial charge in [0.1, 0.15) is 18.5 Å². The van der Waals surface area contributed by atoms with Crippen LogP contribution in [0, 0.1) is 0 Å². The van der Waals surface area contributed by atoms with Gasteiger partial charge >= 0.3 is 5.97 Å². The predicted molar refractivity (Wildman–Crippen MR) is 113 cm³/mol. The normalized spacial score (nSPS) is 23.3. The molecule has 1 fully saturated rings. The van der Waals surface area contributed by atoms with Gasteiger partial charge in [-0.15, -0.1) is 0 Å². The van der Waals surface area contributed by atoms with Crippen LogP contribution in [0.2, 0.25) is 0 Å². The summed E-state index contributed by atoms with van der Waals surface area (Å²) >= 11 is 1.57. The lowest BCUT2D eigenvalue weighted by Gasteiger charge is -2.37. The van der Waals surface area contributed by atoms with E-state index in [0.29, 0.717) is 5.57 Å². The van der Waals surface area contributed by atoms with Crippen LogP contribution in [0.4, 0.5) is 5.69 Å². The number of carbonyl (C=O) groups excluding carboxylic acids is 2. The Morgan fingerprint density at radius 3 is 2.55 bits per heavy atom. The average Bonchev–Trinajstić information content (AvgIpc) is 2.68. The first-order valence-electron chi connectivity index (χ1n) is 9.56. The van der Waals surface area contributed by atoms with Gasteiger partial charge in [0.15, 0.2) is 0 Å². The Labute approximate surface area is 176 Å². The van der Waals surface area contributed by atoms with E-state index in [1.54, 1.807) is 25.1 Å². The van der Waals surface area contributed by atoms with E-state index in [0.717, 1.165) is 17.2 Å². The molecule has 7 nitrogen and oxygen atoms in total. The fraction of sp³-hybridized carbons (Fsp3) is 0.524. The third kappa shape index (κ3) is 6.76. The number of carbonyl (C=O) groups is 2. The van der Waals surface area contributed by atoms with Crippen LogP contribution in [0.5, 0.6) is 5.75 Å². The molecule has 0 unspecified atom stereocenters. The molecule has 1 N–H and O–H groups in total. The van der Waals surface area contributed by atoms with Crippen LogP contribution in [-0.2, 0) is 23.8 Å². The zero-order valence-corrected chi connectivity index (χ0v) is 18.3. The quantitative estimate of drug-likeness (QED) is 0.478. The molecule has 0 radical (unpaired) electrons. The highest BCUT2D eigenvalue weighted by atomic mass is 32.2. The summed E-state index contributed by atoms with van der Waals surface area (Å²) in [4.78, 5) is 24.4. The fourth-order valence-electron chi connectivity index (χ4n) is 2.81. The standard InChI is InChI=1S/C21H29NO6S/c1-6-29-20-17(11-22-15-7-9-16(25-5)10-8-15)19(24)21(27-13(2)3)28-18(20)12-26-14(4)23/h7-11,13,18,20-22H,6,12H2,1-5H3/b17-11+/t18-,20-,21+/m1/s1. The van der Waals surface area contributed by atoms with Crippen LogP contribution < -0.4 is 10.1 Å². The molecule has 1 aliphatic rings. The molecule has 160 valence electrons. The number of ether oxygens (including phenoxy) is 4. The Kier molecular flexibility index (Phi) is 9.00. The summed E-state index contributed by atoms with van der Waals surface area (Å²) in [6.07, 6.45) is -0.0239. The highest BCUT2D eigenvalue weighted by Gasteiger charge is 2.42. The van der Waals surface area contributed by atoms with Crippen molar-refractivity contribution >= 4 is 29.2 Å². The van der Waals surface area contributed by atoms with Crippen molar-refractivity contribution in [2.24, 2.45) is 0 Å². The van der Waals surface area contributed by atoms with Gasteiger partial charge in [-0.1, -0.05) is 6.92 Å². The minimum atomic E-state index is -1.03. The summed E-state index contributed by atoms with van der Waals surface area (Å²) in [6, 6.07) is 7.39. The molecule has 1 aromatic rings. The van der Waals surface area contributed by atoms with E-state index in [4.69, 9.17) is 18.9 Å². The van der Waals surface area contributed by atoms with Crippen molar-refractivity contribution in [2.75, 3.05) is 24.8 Å². The van der Waals surface area contributed by atoms with Gasteiger partial charge in [-0.2, -0.15) is 11.8 Å². The molecule has 2 rings (SSSR count). The van der Waals surface area contributed by atoms with E-state index < -0.39 is 18.4 Å². The number of hydrogen-bond donors (Lipinski definition) is 1. The first kappa shape index (κ1) is 23.3. The van der Waals surface area contributed by atoms with E-state index in [2.05, 4.69) is 5.32 Å². The first-order valence-corrected chi connectivity index (χ1v) is 10.6. The lowest BCUT2D eigenvalue weighted by atomic mass is 10.0. The Morgan fingerprint density at radius 1 is 1.31 bits per heavy atom. The molecule has 1 aromatic carbocycles. The van der Waals surface area contributed by atoms with E-state index in [1.165, 1.54) is 6.92 Å². The van der Waals surface area contributed by atoms with Crippen LogP contribution in [0.1, 0.15) is 27.7 Å². The Bertz CT molecular complexity index is 718. The maximum Gasteiger partial charge on any atom is 0.302 e. The Balaban J connectivity index is 2.29. The maximum atomic E-state index is 13.1. The number of rotatable bonds is 9. The van der Waals surface area contributed by atoms with Gasteiger partial charge in [-0.05, 0) is 43.9 Å². The van der Waals surface area contributed by atoms with E-state index >= 15 is 0 Å². The molecule has 1 aliphatic heterocycles. The molecular formula is C21H29NO6S. The van der Waals surface area contributed by atoms with Crippen LogP contribution >= 0.6 is 11.8 Å². The zero-order valence-electron chi connectivity index (χ0n) is 17.5. The smallest absolute Gasteiger partial charge is 0.302 e. The minimum Gasteiger partial charge on any atom is -0.497 e. The molecule has 8 heteroatoms. The number of hydrogen-bond acceptors (Lipinski definition) is 8. The number of methoxy groups -OCH3 is 1. The molecule has 0 bridgehead atoms. The van der Waals surface area contributed by atoms with Crippen LogP contribution in [0.3, 0.4) is 0 Å². The zero-order chi connectivity index (χ0) is 21.4. The van der Waals surface area contributed by atoms with Crippen LogP contribution in [0.25, 0.3) is 0 Å². The predicted octanol–water partition coefficient (Wildman–Crippen LogP) is 3.39. The summed E-state index contributed by atoms with van der Waals surface area (Å²) in [5.41, 5.74) is 1.36. The molecule has 3 atom stereocenters. The Morgan fingerprint density at radius 2 is 2.00 bits per heavy atom. The first-order chi connectivity index (χ1) is 13.8. The van der Waals surface area contributed by atoms with Crippen molar-refractivity contribution in [1.82, 2.24) is 0 Å². The van der Waals surface area contributed by atoms with Gasteiger partial charge in [0, 0.05) is 24.4 Å². The van der Waals surface area contributed by atoms with E-state index in [1.807, 2.05) is 45.0 Å². The summed E-state index contributed by atoms with van der Waals surface area (Å²) in [7, 11) is 1.61. The number of benzene rings is 1. The molecule has 0 spiro atoms. The lowest BCUT2D eigenvalue weighted by molar-refractivity contribution is -0.204. The maximum absolute atomic E-state index is 13.1. The fourth-order valence-corrected chi connectivity index (χ4v) is 3.89. The van der Waals surface area contributed by atoms with Gasteiger partial charge in [0.25, 0.3) is 0 Å². The largest absolute Gasteiger partial charge is 0.497 e. The molecule has 1 saturated heterocycles. The number of Topliss-reactive ketones (excluding diaryl/α,β-unsaturated/α-hetero) is 1. The highest BCUT2D eigenvalue weighted by Crippen LogP contribution is 2.33. The van der Waals surface area contributed by atoms with Crippen molar-refractivity contribution in [2.45, 2.75) is 51.4 Å².